The van der Waals surface area contributed by atoms with Gasteiger partial charge < -0.3 is 15.1 Å². The molecule has 0 heterocycles. The zero-order valence-electron chi connectivity index (χ0n) is 9.33. The van der Waals surface area contributed by atoms with Gasteiger partial charge in [-0.2, -0.15) is 0 Å². The van der Waals surface area contributed by atoms with E-state index in [2.05, 4.69) is 0 Å². The van der Waals surface area contributed by atoms with Crippen LogP contribution in [0.2, 0.25) is 0 Å². The Hall–Kier alpha value is -2.30. The van der Waals surface area contributed by atoms with Crippen LogP contribution in [-0.4, -0.2) is 34.0 Å². The molecule has 1 aromatic rings. The molecule has 0 radical (unpaired) electrons. The maximum Gasteiger partial charge on any atom is 0.328 e. The predicted molar refractivity (Wildman–Crippen MR) is 61.4 cm³/mol. The predicted octanol–water partition coefficient (Wildman–Crippen LogP) is 0.991. The molecule has 17 heavy (non-hydrogen) atoms. The van der Waals surface area contributed by atoms with Crippen LogP contribution in [0.1, 0.15) is 5.56 Å². The van der Waals surface area contributed by atoms with Crippen LogP contribution < -0.4 is 0 Å². The van der Waals surface area contributed by atoms with Gasteiger partial charge in [0.15, 0.2) is 0 Å². The summed E-state index contributed by atoms with van der Waals surface area (Å²) in [4.78, 5) is 23.0. The summed E-state index contributed by atoms with van der Waals surface area (Å²) in [5, 5.41) is 17.6. The number of aliphatic carboxylic acids is 1. The summed E-state index contributed by atoms with van der Waals surface area (Å²) in [5.41, 5.74) is 0.768. The molecule has 5 heteroatoms. The van der Waals surface area contributed by atoms with Crippen LogP contribution in [0.3, 0.4) is 0 Å². The fourth-order valence-electron chi connectivity index (χ4n) is 1.28. The zero-order chi connectivity index (χ0) is 12.8. The Morgan fingerprint density at radius 3 is 2.65 bits per heavy atom. The van der Waals surface area contributed by atoms with E-state index in [0.29, 0.717) is 6.54 Å². The summed E-state index contributed by atoms with van der Waals surface area (Å²) >= 11 is 0. The lowest BCUT2D eigenvalue weighted by molar-refractivity contribution is -0.132. The number of aromatic hydroxyl groups is 1. The van der Waals surface area contributed by atoms with Crippen molar-refractivity contribution in [2.24, 2.45) is 0 Å². The normalized spacial score (nSPS) is 10.4. The summed E-state index contributed by atoms with van der Waals surface area (Å²) in [7, 11) is 1.55. The van der Waals surface area contributed by atoms with Gasteiger partial charge in [0.2, 0.25) is 5.91 Å². The van der Waals surface area contributed by atoms with E-state index < -0.39 is 11.9 Å². The van der Waals surface area contributed by atoms with Gasteiger partial charge in [-0.1, -0.05) is 12.1 Å². The van der Waals surface area contributed by atoms with E-state index in [4.69, 9.17) is 5.11 Å². The Bertz CT molecular complexity index is 454. The fraction of sp³-hybridized carbons (Fsp3) is 0.167. The molecule has 0 atom stereocenters. The van der Waals surface area contributed by atoms with Gasteiger partial charge in [-0.25, -0.2) is 4.79 Å². The number of hydrogen-bond acceptors (Lipinski definition) is 3. The van der Waals surface area contributed by atoms with E-state index >= 15 is 0 Å². The van der Waals surface area contributed by atoms with E-state index in [1.807, 2.05) is 0 Å². The molecule has 1 rings (SSSR count). The smallest absolute Gasteiger partial charge is 0.328 e. The third-order valence-electron chi connectivity index (χ3n) is 2.08. The Labute approximate surface area is 98.6 Å². The lowest BCUT2D eigenvalue weighted by atomic mass is 10.2. The molecule has 0 aromatic heterocycles. The van der Waals surface area contributed by atoms with Gasteiger partial charge in [0.1, 0.15) is 5.75 Å². The fourth-order valence-corrected chi connectivity index (χ4v) is 1.28. The molecular weight excluding hydrogens is 222 g/mol. The van der Waals surface area contributed by atoms with Gasteiger partial charge in [-0.05, 0) is 17.7 Å². The van der Waals surface area contributed by atoms with Gasteiger partial charge in [-0.3, -0.25) is 4.79 Å². The number of benzene rings is 1. The number of nitrogens with zero attached hydrogens (tertiary/aromatic N) is 1. The third-order valence-corrected chi connectivity index (χ3v) is 2.08. The number of carbonyl (C=O) groups excluding carboxylic acids is 1. The van der Waals surface area contributed by atoms with Crippen LogP contribution >= 0.6 is 0 Å². The van der Waals surface area contributed by atoms with E-state index in [0.717, 1.165) is 17.7 Å². The molecule has 90 valence electrons. The Morgan fingerprint density at radius 2 is 2.06 bits per heavy atom. The number of carboxylic acid groups (broad SMARTS) is 1. The standard InChI is InChI=1S/C12H13NO4/c1-13(11(15)5-6-12(16)17)8-9-3-2-4-10(14)7-9/h2-7,14H,8H2,1H3,(H,16,17)/b6-5+. The van der Waals surface area contributed by atoms with Crippen LogP contribution in [-0.2, 0) is 16.1 Å². The van der Waals surface area contributed by atoms with Crippen molar-refractivity contribution < 1.29 is 19.8 Å². The Morgan fingerprint density at radius 1 is 1.35 bits per heavy atom. The number of rotatable bonds is 4. The first kappa shape index (κ1) is 12.8. The second-order valence-electron chi connectivity index (χ2n) is 3.54. The molecule has 0 unspecified atom stereocenters. The molecule has 0 spiro atoms. The summed E-state index contributed by atoms with van der Waals surface area (Å²) in [5.74, 6) is -1.44. The molecule has 0 saturated heterocycles. The second-order valence-corrected chi connectivity index (χ2v) is 3.54. The molecule has 0 aliphatic carbocycles. The van der Waals surface area contributed by atoms with Gasteiger partial charge in [0.25, 0.3) is 0 Å². The monoisotopic (exact) mass is 235 g/mol. The summed E-state index contributed by atoms with van der Waals surface area (Å²) < 4.78 is 0. The SMILES string of the molecule is CN(Cc1cccc(O)c1)C(=O)/C=C/C(=O)O. The van der Waals surface area contributed by atoms with Gasteiger partial charge in [-0.15, -0.1) is 0 Å². The second kappa shape index (κ2) is 5.69. The summed E-state index contributed by atoms with van der Waals surface area (Å²) in [6, 6.07) is 6.53. The number of amides is 1. The first-order valence-corrected chi connectivity index (χ1v) is 4.93. The zero-order valence-corrected chi connectivity index (χ0v) is 9.33. The highest BCUT2D eigenvalue weighted by atomic mass is 16.4. The van der Waals surface area contributed by atoms with Gasteiger partial charge in [0.05, 0.1) is 0 Å². The molecule has 0 saturated carbocycles. The largest absolute Gasteiger partial charge is 0.508 e. The molecule has 2 N–H and O–H groups in total. The van der Waals surface area contributed by atoms with E-state index in [9.17, 15) is 14.7 Å². The highest BCUT2D eigenvalue weighted by Crippen LogP contribution is 2.12. The van der Waals surface area contributed by atoms with Crippen LogP contribution in [0.4, 0.5) is 0 Å². The van der Waals surface area contributed by atoms with Crippen LogP contribution in [0, 0.1) is 0 Å². The van der Waals surface area contributed by atoms with Crippen molar-refractivity contribution >= 4 is 11.9 Å². The number of hydrogen-bond donors (Lipinski definition) is 2. The van der Waals surface area contributed by atoms with Crippen molar-refractivity contribution in [1.82, 2.24) is 4.90 Å². The highest BCUT2D eigenvalue weighted by Gasteiger charge is 2.06. The van der Waals surface area contributed by atoms with Crippen LogP contribution in [0.25, 0.3) is 0 Å². The number of likely N-dealkylation sites (N-methyl/N-ethyl adjacent to an activating group) is 1. The minimum atomic E-state index is -1.16. The van der Waals surface area contributed by atoms with Crippen LogP contribution in [0.15, 0.2) is 36.4 Å². The molecule has 0 bridgehead atoms. The highest BCUT2D eigenvalue weighted by molar-refractivity contribution is 5.93. The van der Waals surface area contributed by atoms with Crippen molar-refractivity contribution in [3.05, 3.63) is 42.0 Å². The van der Waals surface area contributed by atoms with Crippen molar-refractivity contribution in [3.63, 3.8) is 0 Å². The molecule has 1 amide bonds. The lowest BCUT2D eigenvalue weighted by Gasteiger charge is -2.15. The molecule has 5 nitrogen and oxygen atoms in total. The van der Waals surface area contributed by atoms with Crippen molar-refractivity contribution in [2.75, 3.05) is 7.05 Å². The molecular formula is C12H13NO4. The number of carboxylic acids is 1. The molecule has 0 fully saturated rings. The average Bonchev–Trinajstić information content (AvgIpc) is 2.25. The first-order chi connectivity index (χ1) is 7.99. The maximum absolute atomic E-state index is 11.5. The number of phenolic OH excluding ortho intramolecular Hbond substituents is 1. The Kier molecular flexibility index (Phi) is 4.28. The lowest BCUT2D eigenvalue weighted by Crippen LogP contribution is -2.24. The average molecular weight is 235 g/mol. The van der Waals surface area contributed by atoms with Crippen LogP contribution in [0.5, 0.6) is 5.75 Å². The third kappa shape index (κ3) is 4.38. The van der Waals surface area contributed by atoms with E-state index in [1.54, 1.807) is 25.2 Å². The first-order valence-electron chi connectivity index (χ1n) is 4.93. The maximum atomic E-state index is 11.5. The summed E-state index contributed by atoms with van der Waals surface area (Å²) in [6.07, 6.45) is 1.78. The summed E-state index contributed by atoms with van der Waals surface area (Å²) in [6.45, 7) is 0.303. The van der Waals surface area contributed by atoms with Gasteiger partial charge in [0, 0.05) is 25.7 Å². The molecule has 0 aliphatic rings. The van der Waals surface area contributed by atoms with E-state index in [1.165, 1.54) is 11.0 Å². The van der Waals surface area contributed by atoms with E-state index in [-0.39, 0.29) is 5.75 Å². The molecule has 1 aromatic carbocycles. The minimum absolute atomic E-state index is 0.129. The van der Waals surface area contributed by atoms with Gasteiger partial charge >= 0.3 is 5.97 Å². The number of carbonyl (C=O) groups is 2. The van der Waals surface area contributed by atoms with Crippen molar-refractivity contribution in [3.8, 4) is 5.75 Å². The minimum Gasteiger partial charge on any atom is -0.508 e. The molecule has 0 aliphatic heterocycles. The number of phenols is 1. The Balaban J connectivity index is 2.63. The topological polar surface area (TPSA) is 77.8 Å². The van der Waals surface area contributed by atoms with Crippen molar-refractivity contribution in [2.45, 2.75) is 6.54 Å². The quantitative estimate of drug-likeness (QED) is 0.763. The van der Waals surface area contributed by atoms with Crippen molar-refractivity contribution in [1.29, 1.82) is 0 Å².